The third-order valence-corrected chi connectivity index (χ3v) is 8.52. The molecule has 1 aliphatic carbocycles. The number of carbonyl (C=O) groups excluding carboxylic acids is 2. The smallest absolute Gasteiger partial charge is 0.245 e. The molecule has 3 unspecified atom stereocenters. The maximum absolute atomic E-state index is 13.8. The summed E-state index contributed by atoms with van der Waals surface area (Å²) in [4.78, 5) is 43.9. The number of hydrogen-bond acceptors (Lipinski definition) is 8. The van der Waals surface area contributed by atoms with Crippen molar-refractivity contribution >= 4 is 17.5 Å². The van der Waals surface area contributed by atoms with Crippen molar-refractivity contribution in [3.8, 4) is 28.4 Å². The molecule has 1 fully saturated rings. The number of methoxy groups -OCH3 is 3. The first-order chi connectivity index (χ1) is 20.1. The summed E-state index contributed by atoms with van der Waals surface area (Å²) < 4.78 is 17.2. The lowest BCUT2D eigenvalue weighted by Gasteiger charge is -2.36. The molecule has 10 nitrogen and oxygen atoms in total. The lowest BCUT2D eigenvalue weighted by atomic mass is 9.95. The first kappa shape index (κ1) is 31.2. The molecular weight excluding hydrogens is 536 g/mol. The minimum Gasteiger partial charge on any atom is -0.493 e. The minimum atomic E-state index is -0.550. The molecule has 0 aromatic heterocycles. The highest BCUT2D eigenvalue weighted by molar-refractivity contribution is 5.86. The Balaban J connectivity index is 1.86. The molecule has 1 aliphatic heterocycles. The van der Waals surface area contributed by atoms with Gasteiger partial charge in [-0.25, -0.2) is 0 Å². The molecule has 2 aliphatic rings. The number of hydrogen-bond donors (Lipinski definition) is 2. The van der Waals surface area contributed by atoms with Crippen LogP contribution >= 0.6 is 0 Å². The van der Waals surface area contributed by atoms with E-state index in [1.807, 2.05) is 30.9 Å². The number of nitrogens with zero attached hydrogens (tertiary/aromatic N) is 2. The standard InChI is InChI=1S/C32H44N4O6/c1-8-19(2)29(32(39)36-15-13-35(4)14-16-36)34-25-12-10-22-23(18-26(25)38)24(33-20(3)37)11-9-21-17-27(40-5)30(41-6)31(42-7)28(21)22/h10,12,17-19,24,29H,8-9,11,13-16H2,1-7H3,(H,33,37)(H,34,38). The van der Waals surface area contributed by atoms with Gasteiger partial charge < -0.3 is 34.6 Å². The SMILES string of the molecule is CCC(C)C(Nc1ccc2c(cc1=O)C(NC(C)=O)CCc1cc(OC)c(OC)c(OC)c1-2)C(=O)N1CCN(C)CC1. The largest absolute Gasteiger partial charge is 0.493 e. The predicted octanol–water partition coefficient (Wildman–Crippen LogP) is 3.46. The zero-order chi connectivity index (χ0) is 30.6. The summed E-state index contributed by atoms with van der Waals surface area (Å²) in [6, 6.07) is 6.17. The number of piperazine rings is 1. The zero-order valence-corrected chi connectivity index (χ0v) is 25.8. The summed E-state index contributed by atoms with van der Waals surface area (Å²) in [6.45, 7) is 8.50. The highest BCUT2D eigenvalue weighted by atomic mass is 16.5. The topological polar surface area (TPSA) is 109 Å². The van der Waals surface area contributed by atoms with E-state index in [0.717, 1.165) is 36.2 Å². The fraction of sp³-hybridized carbons (Fsp3) is 0.531. The summed E-state index contributed by atoms with van der Waals surface area (Å²) in [5.74, 6) is 1.30. The van der Waals surface area contributed by atoms with Gasteiger partial charge in [0, 0.05) is 38.7 Å². The lowest BCUT2D eigenvalue weighted by Crippen LogP contribution is -2.53. The van der Waals surface area contributed by atoms with Gasteiger partial charge in [0.25, 0.3) is 0 Å². The van der Waals surface area contributed by atoms with E-state index < -0.39 is 12.1 Å². The van der Waals surface area contributed by atoms with Crippen molar-refractivity contribution in [1.29, 1.82) is 0 Å². The van der Waals surface area contributed by atoms with Crippen LogP contribution in [-0.2, 0) is 16.0 Å². The van der Waals surface area contributed by atoms with Crippen LogP contribution < -0.4 is 30.3 Å². The molecule has 0 saturated carbocycles. The van der Waals surface area contributed by atoms with E-state index in [1.54, 1.807) is 33.5 Å². The van der Waals surface area contributed by atoms with E-state index in [-0.39, 0.29) is 23.2 Å². The van der Waals surface area contributed by atoms with Gasteiger partial charge in [-0.05, 0) is 60.7 Å². The van der Waals surface area contributed by atoms with Crippen molar-refractivity contribution in [2.24, 2.45) is 5.92 Å². The lowest BCUT2D eigenvalue weighted by molar-refractivity contribution is -0.134. The van der Waals surface area contributed by atoms with Crippen LogP contribution in [-0.4, -0.2) is 82.2 Å². The molecular formula is C32H44N4O6. The summed E-state index contributed by atoms with van der Waals surface area (Å²) in [6.07, 6.45) is 1.96. The Morgan fingerprint density at radius 3 is 2.31 bits per heavy atom. The first-order valence-corrected chi connectivity index (χ1v) is 14.6. The zero-order valence-electron chi connectivity index (χ0n) is 25.8. The van der Waals surface area contributed by atoms with E-state index in [1.165, 1.54) is 6.92 Å². The Morgan fingerprint density at radius 1 is 1.02 bits per heavy atom. The Morgan fingerprint density at radius 2 is 1.71 bits per heavy atom. The van der Waals surface area contributed by atoms with Crippen LogP contribution in [0.4, 0.5) is 5.69 Å². The van der Waals surface area contributed by atoms with Crippen molar-refractivity contribution in [2.45, 2.75) is 52.1 Å². The molecule has 0 bridgehead atoms. The third-order valence-electron chi connectivity index (χ3n) is 8.52. The monoisotopic (exact) mass is 580 g/mol. The molecule has 2 aromatic rings. The van der Waals surface area contributed by atoms with Crippen LogP contribution in [0.3, 0.4) is 0 Å². The molecule has 3 atom stereocenters. The van der Waals surface area contributed by atoms with E-state index in [9.17, 15) is 14.4 Å². The number of likely N-dealkylation sites (N-methyl/N-ethyl adjacent to an activating group) is 1. The Kier molecular flexibility index (Phi) is 9.98. The number of nitrogens with one attached hydrogen (secondary N) is 2. The van der Waals surface area contributed by atoms with Crippen molar-refractivity contribution in [1.82, 2.24) is 15.1 Å². The molecule has 2 aromatic carbocycles. The number of aryl methyl sites for hydroxylation is 1. The average Bonchev–Trinajstić information content (AvgIpc) is 3.22. The summed E-state index contributed by atoms with van der Waals surface area (Å²) in [5.41, 5.74) is 3.24. The maximum atomic E-state index is 13.8. The average molecular weight is 581 g/mol. The van der Waals surface area contributed by atoms with Gasteiger partial charge in [-0.3, -0.25) is 14.4 Å². The van der Waals surface area contributed by atoms with E-state index in [2.05, 4.69) is 22.6 Å². The fourth-order valence-corrected chi connectivity index (χ4v) is 5.90. The number of carbonyl (C=O) groups is 2. The van der Waals surface area contributed by atoms with Crippen molar-refractivity contribution in [3.63, 3.8) is 0 Å². The van der Waals surface area contributed by atoms with Gasteiger partial charge in [0.1, 0.15) is 6.04 Å². The van der Waals surface area contributed by atoms with E-state index >= 15 is 0 Å². The van der Waals surface area contributed by atoms with Gasteiger partial charge in [-0.15, -0.1) is 0 Å². The molecule has 0 radical (unpaired) electrons. The van der Waals surface area contributed by atoms with Gasteiger partial charge >= 0.3 is 0 Å². The molecule has 1 heterocycles. The number of anilines is 1. The quantitative estimate of drug-likeness (QED) is 0.464. The van der Waals surface area contributed by atoms with E-state index in [0.29, 0.717) is 54.4 Å². The van der Waals surface area contributed by atoms with Gasteiger partial charge in [0.2, 0.25) is 23.0 Å². The molecule has 4 rings (SSSR count). The second-order valence-corrected chi connectivity index (χ2v) is 11.2. The second kappa shape index (κ2) is 13.5. The Labute approximate surface area is 248 Å². The normalized spacial score (nSPS) is 18.1. The first-order valence-electron chi connectivity index (χ1n) is 14.6. The van der Waals surface area contributed by atoms with Crippen LogP contribution in [0.5, 0.6) is 17.2 Å². The predicted molar refractivity (Wildman–Crippen MR) is 164 cm³/mol. The van der Waals surface area contributed by atoms with Gasteiger partial charge in [-0.1, -0.05) is 26.3 Å². The fourth-order valence-electron chi connectivity index (χ4n) is 5.90. The molecule has 2 amide bonds. The summed E-state index contributed by atoms with van der Waals surface area (Å²) in [5, 5.41) is 6.37. The number of benzene rings is 1. The summed E-state index contributed by atoms with van der Waals surface area (Å²) >= 11 is 0. The third kappa shape index (κ3) is 6.33. The van der Waals surface area contributed by atoms with Crippen molar-refractivity contribution < 1.29 is 23.8 Å². The highest BCUT2D eigenvalue weighted by Gasteiger charge is 2.32. The highest BCUT2D eigenvalue weighted by Crippen LogP contribution is 2.50. The minimum absolute atomic E-state index is 0.00423. The maximum Gasteiger partial charge on any atom is 0.245 e. The van der Waals surface area contributed by atoms with Crippen LogP contribution in [0.2, 0.25) is 0 Å². The molecule has 2 N–H and O–H groups in total. The van der Waals surface area contributed by atoms with Crippen LogP contribution in [0.15, 0.2) is 29.1 Å². The molecule has 228 valence electrons. The molecule has 10 heteroatoms. The number of amides is 2. The van der Waals surface area contributed by atoms with Gasteiger partial charge in [0.05, 0.1) is 33.1 Å². The number of fused-ring (bicyclic) bond motifs is 3. The van der Waals surface area contributed by atoms with Crippen LogP contribution in [0.1, 0.15) is 50.8 Å². The van der Waals surface area contributed by atoms with Crippen LogP contribution in [0, 0.1) is 5.92 Å². The second-order valence-electron chi connectivity index (χ2n) is 11.2. The molecule has 42 heavy (non-hydrogen) atoms. The summed E-state index contributed by atoms with van der Waals surface area (Å²) in [7, 11) is 6.76. The Bertz CT molecular complexity index is 1370. The Hall–Kier alpha value is -3.79. The molecule has 1 saturated heterocycles. The van der Waals surface area contributed by atoms with Gasteiger partial charge in [0.15, 0.2) is 11.5 Å². The van der Waals surface area contributed by atoms with Gasteiger partial charge in [-0.2, -0.15) is 0 Å². The van der Waals surface area contributed by atoms with Crippen molar-refractivity contribution in [3.05, 3.63) is 45.6 Å². The number of rotatable bonds is 9. The number of ether oxygens (including phenoxy) is 3. The van der Waals surface area contributed by atoms with Crippen molar-refractivity contribution in [2.75, 3.05) is 59.9 Å². The van der Waals surface area contributed by atoms with E-state index in [4.69, 9.17) is 14.2 Å². The molecule has 0 spiro atoms. The van der Waals surface area contributed by atoms with Crippen LogP contribution in [0.25, 0.3) is 11.1 Å².